The van der Waals surface area contributed by atoms with Gasteiger partial charge < -0.3 is 0 Å². The van der Waals surface area contributed by atoms with Crippen molar-refractivity contribution in [3.63, 3.8) is 0 Å². The lowest BCUT2D eigenvalue weighted by Gasteiger charge is -2.30. The summed E-state index contributed by atoms with van der Waals surface area (Å²) in [6, 6.07) is 0. The molecule has 0 aliphatic carbocycles. The molecule has 0 spiro atoms. The lowest BCUT2D eigenvalue weighted by Crippen LogP contribution is -2.27. The molecule has 3 unspecified atom stereocenters. The predicted molar refractivity (Wildman–Crippen MR) is 65.9 cm³/mol. The van der Waals surface area contributed by atoms with Gasteiger partial charge in [-0.3, -0.25) is 0 Å². The molecule has 0 amide bonds. The number of hydrogen-bond donors (Lipinski definition) is 2. The van der Waals surface area contributed by atoms with Crippen molar-refractivity contribution in [1.29, 1.82) is 0 Å². The summed E-state index contributed by atoms with van der Waals surface area (Å²) in [5.41, 5.74) is 0. The van der Waals surface area contributed by atoms with E-state index in [1.165, 1.54) is 25.0 Å². The van der Waals surface area contributed by atoms with E-state index in [2.05, 4.69) is 43.9 Å². The first-order valence-corrected chi connectivity index (χ1v) is 6.86. The Morgan fingerprint density at radius 1 is 1.50 bits per heavy atom. The lowest BCUT2D eigenvalue weighted by molar-refractivity contribution is 0.502. The fourth-order valence-electron chi connectivity index (χ4n) is 1.59. The first-order valence-electron chi connectivity index (χ1n) is 4.66. The van der Waals surface area contributed by atoms with Crippen molar-refractivity contribution in [1.82, 2.24) is 0 Å². The van der Waals surface area contributed by atoms with Crippen LogP contribution in [0.4, 0.5) is 0 Å². The lowest BCUT2D eigenvalue weighted by atomic mass is 9.99. The van der Waals surface area contributed by atoms with Crippen molar-refractivity contribution in [2.45, 2.75) is 36.7 Å². The van der Waals surface area contributed by atoms with Crippen molar-refractivity contribution >= 4 is 37.0 Å². The van der Waals surface area contributed by atoms with Crippen LogP contribution in [0.3, 0.4) is 0 Å². The summed E-state index contributed by atoms with van der Waals surface area (Å²) < 4.78 is 0. The summed E-state index contributed by atoms with van der Waals surface area (Å²) in [7, 11) is 0. The number of thiol groups is 2. The van der Waals surface area contributed by atoms with Gasteiger partial charge in [0.1, 0.15) is 0 Å². The molecule has 0 N–H and O–H groups in total. The number of rotatable bonds is 3. The van der Waals surface area contributed by atoms with Crippen LogP contribution < -0.4 is 0 Å². The zero-order chi connectivity index (χ0) is 8.97. The fraction of sp³-hybridized carbons (Fsp3) is 1.00. The van der Waals surface area contributed by atoms with E-state index in [4.69, 9.17) is 0 Å². The summed E-state index contributed by atoms with van der Waals surface area (Å²) in [6.07, 6.45) is 4.21. The first-order chi connectivity index (χ1) is 5.75. The van der Waals surface area contributed by atoms with E-state index < -0.39 is 0 Å². The Bertz CT molecular complexity index is 121. The summed E-state index contributed by atoms with van der Waals surface area (Å²) in [5, 5.41) is 1.32. The topological polar surface area (TPSA) is 0 Å². The van der Waals surface area contributed by atoms with Crippen molar-refractivity contribution in [3.05, 3.63) is 0 Å². The van der Waals surface area contributed by atoms with Gasteiger partial charge in [0, 0.05) is 16.3 Å². The molecular weight excluding hydrogens is 204 g/mol. The molecule has 1 aliphatic rings. The van der Waals surface area contributed by atoms with Gasteiger partial charge in [0.05, 0.1) is 0 Å². The minimum atomic E-state index is 0.476. The Balaban J connectivity index is 2.33. The standard InChI is InChI=1S/C9H18S3/c1-7(8(11)6-10)9-4-2-3-5-12-9/h7-11H,2-6H2,1H3. The van der Waals surface area contributed by atoms with Crippen LogP contribution in [-0.4, -0.2) is 22.0 Å². The molecule has 1 fully saturated rings. The maximum absolute atomic E-state index is 4.55. The first kappa shape index (κ1) is 11.1. The largest absolute Gasteiger partial charge is 0.178 e. The fourth-order valence-corrected chi connectivity index (χ4v) is 3.75. The van der Waals surface area contributed by atoms with Crippen LogP contribution in [0.25, 0.3) is 0 Å². The number of thioether (sulfide) groups is 1. The molecule has 1 saturated heterocycles. The predicted octanol–water partition coefficient (Wildman–Crippen LogP) is 3.14. The van der Waals surface area contributed by atoms with Gasteiger partial charge in [0.15, 0.2) is 0 Å². The average molecular weight is 222 g/mol. The van der Waals surface area contributed by atoms with Gasteiger partial charge in [-0.1, -0.05) is 13.3 Å². The van der Waals surface area contributed by atoms with E-state index in [-0.39, 0.29) is 0 Å². The highest BCUT2D eigenvalue weighted by Gasteiger charge is 2.24. The molecule has 12 heavy (non-hydrogen) atoms. The molecule has 1 aliphatic heterocycles. The van der Waals surface area contributed by atoms with Gasteiger partial charge >= 0.3 is 0 Å². The molecule has 72 valence electrons. The van der Waals surface area contributed by atoms with E-state index in [1.54, 1.807) is 0 Å². The molecule has 0 nitrogen and oxygen atoms in total. The van der Waals surface area contributed by atoms with Gasteiger partial charge in [-0.2, -0.15) is 37.0 Å². The molecule has 3 heteroatoms. The van der Waals surface area contributed by atoms with Crippen LogP contribution in [0.5, 0.6) is 0 Å². The summed E-state index contributed by atoms with van der Waals surface area (Å²) >= 11 is 11.0. The van der Waals surface area contributed by atoms with Crippen molar-refractivity contribution in [2.24, 2.45) is 5.92 Å². The highest BCUT2D eigenvalue weighted by atomic mass is 32.2. The normalized spacial score (nSPS) is 29.8. The van der Waals surface area contributed by atoms with Crippen molar-refractivity contribution in [3.8, 4) is 0 Å². The Morgan fingerprint density at radius 2 is 2.25 bits per heavy atom. The molecule has 0 aromatic rings. The molecule has 0 bridgehead atoms. The summed E-state index contributed by atoms with van der Waals surface area (Å²) in [4.78, 5) is 0. The third kappa shape index (κ3) is 3.08. The molecule has 0 aromatic heterocycles. The van der Waals surface area contributed by atoms with Crippen molar-refractivity contribution in [2.75, 3.05) is 11.5 Å². The highest BCUT2D eigenvalue weighted by Crippen LogP contribution is 2.33. The van der Waals surface area contributed by atoms with Gasteiger partial charge in [-0.05, 0) is 24.5 Å². The Morgan fingerprint density at radius 3 is 2.75 bits per heavy atom. The van der Waals surface area contributed by atoms with Crippen LogP contribution >= 0.6 is 37.0 Å². The quantitative estimate of drug-likeness (QED) is 0.692. The van der Waals surface area contributed by atoms with Gasteiger partial charge in [0.2, 0.25) is 0 Å². The summed E-state index contributed by atoms with van der Waals surface area (Å²) in [5.74, 6) is 2.97. The van der Waals surface area contributed by atoms with Crippen LogP contribution in [0.2, 0.25) is 0 Å². The molecule has 3 atom stereocenters. The van der Waals surface area contributed by atoms with Gasteiger partial charge in [0.25, 0.3) is 0 Å². The van der Waals surface area contributed by atoms with E-state index >= 15 is 0 Å². The molecule has 0 aromatic carbocycles. The van der Waals surface area contributed by atoms with E-state index in [0.29, 0.717) is 5.25 Å². The summed E-state index contributed by atoms with van der Waals surface area (Å²) in [6.45, 7) is 2.32. The molecule has 0 saturated carbocycles. The van der Waals surface area contributed by atoms with E-state index in [1.807, 2.05) is 0 Å². The smallest absolute Gasteiger partial charge is 0.0141 e. The second kappa shape index (κ2) is 5.71. The van der Waals surface area contributed by atoms with Crippen LogP contribution in [0, 0.1) is 5.92 Å². The van der Waals surface area contributed by atoms with E-state index in [0.717, 1.165) is 16.9 Å². The minimum absolute atomic E-state index is 0.476. The molecule has 0 radical (unpaired) electrons. The monoisotopic (exact) mass is 222 g/mol. The average Bonchev–Trinajstić information content (AvgIpc) is 2.17. The molecule has 1 rings (SSSR count). The van der Waals surface area contributed by atoms with Crippen LogP contribution in [0.15, 0.2) is 0 Å². The molecule has 1 heterocycles. The number of hydrogen-bond acceptors (Lipinski definition) is 3. The Hall–Kier alpha value is 1.05. The Kier molecular flexibility index (Phi) is 5.30. The van der Waals surface area contributed by atoms with Crippen LogP contribution in [-0.2, 0) is 0 Å². The third-order valence-corrected chi connectivity index (χ3v) is 5.55. The molecular formula is C9H18S3. The zero-order valence-corrected chi connectivity index (χ0v) is 10.2. The van der Waals surface area contributed by atoms with E-state index in [9.17, 15) is 0 Å². The zero-order valence-electron chi connectivity index (χ0n) is 7.57. The van der Waals surface area contributed by atoms with Crippen molar-refractivity contribution < 1.29 is 0 Å². The SMILES string of the molecule is CC(C(S)CS)C1CCCCS1. The Labute approximate surface area is 91.1 Å². The van der Waals surface area contributed by atoms with Crippen LogP contribution in [0.1, 0.15) is 26.2 Å². The van der Waals surface area contributed by atoms with Gasteiger partial charge in [-0.15, -0.1) is 0 Å². The highest BCUT2D eigenvalue weighted by molar-refractivity contribution is 8.00. The maximum Gasteiger partial charge on any atom is 0.0141 e. The van der Waals surface area contributed by atoms with Gasteiger partial charge in [-0.25, -0.2) is 0 Å². The second-order valence-corrected chi connectivity index (χ2v) is 5.89. The third-order valence-electron chi connectivity index (χ3n) is 2.60. The minimum Gasteiger partial charge on any atom is -0.178 e. The maximum atomic E-state index is 4.55. The second-order valence-electron chi connectivity index (χ2n) is 3.51.